The first-order chi connectivity index (χ1) is 16.3. The number of nitrogens with zero attached hydrogens (tertiary/aromatic N) is 4. The molecule has 0 aliphatic heterocycles. The van der Waals surface area contributed by atoms with Gasteiger partial charge in [-0.05, 0) is 67.3 Å². The molecule has 1 amide bonds. The van der Waals surface area contributed by atoms with E-state index in [2.05, 4.69) is 20.5 Å². The number of ether oxygens (including phenoxy) is 1. The van der Waals surface area contributed by atoms with Crippen molar-refractivity contribution in [2.75, 3.05) is 17.7 Å². The monoisotopic (exact) mass is 457 g/mol. The second-order valence-corrected chi connectivity index (χ2v) is 8.77. The van der Waals surface area contributed by atoms with Crippen molar-refractivity contribution >= 4 is 23.4 Å². The van der Waals surface area contributed by atoms with Crippen LogP contribution in [0.1, 0.15) is 12.8 Å². The smallest absolute Gasteiger partial charge is 0.234 e. The van der Waals surface area contributed by atoms with Crippen molar-refractivity contribution in [2.24, 2.45) is 5.92 Å². The van der Waals surface area contributed by atoms with Crippen LogP contribution in [0.5, 0.6) is 5.75 Å². The van der Waals surface area contributed by atoms with Gasteiger partial charge in [-0.25, -0.2) is 0 Å². The number of aromatic nitrogens is 4. The van der Waals surface area contributed by atoms with Gasteiger partial charge in [0.05, 0.1) is 12.4 Å². The Kier molecular flexibility index (Phi) is 6.34. The van der Waals surface area contributed by atoms with Gasteiger partial charge in [0, 0.05) is 29.3 Å². The molecule has 7 nitrogen and oxygen atoms in total. The molecule has 0 atom stereocenters. The van der Waals surface area contributed by atoms with E-state index >= 15 is 0 Å². The number of anilines is 1. The van der Waals surface area contributed by atoms with Crippen molar-refractivity contribution in [2.45, 2.75) is 18.0 Å². The van der Waals surface area contributed by atoms with Crippen LogP contribution in [-0.4, -0.2) is 38.0 Å². The number of amides is 1. The number of rotatable bonds is 9. The number of carbonyl (C=O) groups excluding carboxylic acids is 1. The van der Waals surface area contributed by atoms with E-state index in [1.54, 1.807) is 12.4 Å². The minimum Gasteiger partial charge on any atom is -0.493 e. The van der Waals surface area contributed by atoms with Gasteiger partial charge in [0.1, 0.15) is 5.75 Å². The normalized spacial score (nSPS) is 13.0. The fraction of sp³-hybridized carbons (Fsp3) is 0.200. The third kappa shape index (κ3) is 5.40. The summed E-state index contributed by atoms with van der Waals surface area (Å²) >= 11 is 1.34. The molecule has 8 heteroatoms. The zero-order chi connectivity index (χ0) is 22.5. The summed E-state index contributed by atoms with van der Waals surface area (Å²) < 4.78 is 7.71. The maximum absolute atomic E-state index is 12.6. The lowest BCUT2D eigenvalue weighted by Gasteiger charge is -2.10. The summed E-state index contributed by atoms with van der Waals surface area (Å²) in [6.07, 6.45) is 5.96. The lowest BCUT2D eigenvalue weighted by molar-refractivity contribution is -0.113. The van der Waals surface area contributed by atoms with E-state index in [-0.39, 0.29) is 11.7 Å². The number of para-hydroxylation sites is 1. The summed E-state index contributed by atoms with van der Waals surface area (Å²) in [6, 6.07) is 21.1. The number of benzene rings is 2. The summed E-state index contributed by atoms with van der Waals surface area (Å²) in [5.41, 5.74) is 2.57. The van der Waals surface area contributed by atoms with Gasteiger partial charge >= 0.3 is 0 Å². The largest absolute Gasteiger partial charge is 0.493 e. The average molecular weight is 458 g/mol. The maximum Gasteiger partial charge on any atom is 0.234 e. The molecule has 1 fully saturated rings. The Hall–Kier alpha value is -3.65. The predicted molar refractivity (Wildman–Crippen MR) is 129 cm³/mol. The molecule has 1 N–H and O–H groups in total. The van der Waals surface area contributed by atoms with Gasteiger partial charge in [-0.2, -0.15) is 0 Å². The molecular weight excluding hydrogens is 434 g/mol. The zero-order valence-corrected chi connectivity index (χ0v) is 18.7. The highest BCUT2D eigenvalue weighted by Crippen LogP contribution is 2.30. The molecule has 5 rings (SSSR count). The van der Waals surface area contributed by atoms with Gasteiger partial charge < -0.3 is 10.1 Å². The van der Waals surface area contributed by atoms with E-state index in [1.165, 1.54) is 24.6 Å². The molecule has 2 aromatic carbocycles. The number of hydrogen-bond acceptors (Lipinski definition) is 6. The van der Waals surface area contributed by atoms with Gasteiger partial charge in [-0.3, -0.25) is 14.3 Å². The molecule has 1 aliphatic carbocycles. The van der Waals surface area contributed by atoms with Gasteiger partial charge in [-0.15, -0.1) is 10.2 Å². The van der Waals surface area contributed by atoms with Gasteiger partial charge in [0.15, 0.2) is 11.0 Å². The average Bonchev–Trinajstić information content (AvgIpc) is 3.60. The number of hydrogen-bond donors (Lipinski definition) is 1. The lowest BCUT2D eigenvalue weighted by Crippen LogP contribution is -2.14. The van der Waals surface area contributed by atoms with Crippen molar-refractivity contribution in [1.82, 2.24) is 19.7 Å². The van der Waals surface area contributed by atoms with E-state index < -0.39 is 0 Å². The highest BCUT2D eigenvalue weighted by atomic mass is 32.2. The molecule has 4 aromatic rings. The maximum atomic E-state index is 12.6. The molecule has 0 spiro atoms. The molecular formula is C25H23N5O2S. The summed E-state index contributed by atoms with van der Waals surface area (Å²) in [5, 5.41) is 12.3. The summed E-state index contributed by atoms with van der Waals surface area (Å²) in [5.74, 6) is 2.33. The fourth-order valence-corrected chi connectivity index (χ4v) is 4.07. The van der Waals surface area contributed by atoms with Crippen LogP contribution < -0.4 is 10.1 Å². The summed E-state index contributed by atoms with van der Waals surface area (Å²) in [6.45, 7) is 0.770. The fourth-order valence-electron chi connectivity index (χ4n) is 3.32. The topological polar surface area (TPSA) is 81.9 Å². The summed E-state index contributed by atoms with van der Waals surface area (Å²) in [4.78, 5) is 16.7. The van der Waals surface area contributed by atoms with Crippen LogP contribution >= 0.6 is 11.8 Å². The minimum atomic E-state index is -0.111. The van der Waals surface area contributed by atoms with Gasteiger partial charge in [0.25, 0.3) is 0 Å². The van der Waals surface area contributed by atoms with Crippen molar-refractivity contribution in [3.05, 3.63) is 79.1 Å². The Morgan fingerprint density at radius 1 is 1.00 bits per heavy atom. The van der Waals surface area contributed by atoms with Crippen LogP contribution in [0.3, 0.4) is 0 Å². The first-order valence-corrected chi connectivity index (χ1v) is 11.8. The number of carbonyl (C=O) groups is 1. The molecule has 2 heterocycles. The molecule has 33 heavy (non-hydrogen) atoms. The van der Waals surface area contributed by atoms with E-state index in [0.717, 1.165) is 29.3 Å². The molecule has 1 aliphatic rings. The Morgan fingerprint density at radius 2 is 1.76 bits per heavy atom. The highest BCUT2D eigenvalue weighted by Gasteiger charge is 2.22. The van der Waals surface area contributed by atoms with Crippen LogP contribution in [0, 0.1) is 5.92 Å². The van der Waals surface area contributed by atoms with Crippen LogP contribution in [0.4, 0.5) is 5.69 Å². The van der Waals surface area contributed by atoms with Crippen molar-refractivity contribution in [3.63, 3.8) is 0 Å². The number of thioether (sulfide) groups is 1. The Labute approximate surface area is 196 Å². The van der Waals surface area contributed by atoms with Crippen LogP contribution in [-0.2, 0) is 4.79 Å². The molecule has 1 saturated carbocycles. The second-order valence-electron chi connectivity index (χ2n) is 7.83. The predicted octanol–water partition coefficient (Wildman–Crippen LogP) is 4.85. The summed E-state index contributed by atoms with van der Waals surface area (Å²) in [7, 11) is 0. The Balaban J connectivity index is 1.26. The van der Waals surface area contributed by atoms with E-state index in [1.807, 2.05) is 71.3 Å². The third-order valence-electron chi connectivity index (χ3n) is 5.24. The molecule has 166 valence electrons. The standard InChI is InChI=1S/C25H23N5O2S/c31-23(27-20-8-10-22(11-9-20)32-16-18-6-7-18)17-33-25-29-28-24(19-12-14-26-15-13-19)30(25)21-4-2-1-3-5-21/h1-5,8-15,18H,6-7,16-17H2,(H,27,31). The zero-order valence-electron chi connectivity index (χ0n) is 17.9. The molecule has 0 radical (unpaired) electrons. The lowest BCUT2D eigenvalue weighted by atomic mass is 10.2. The SMILES string of the molecule is O=C(CSc1nnc(-c2ccncc2)n1-c1ccccc1)Nc1ccc(OCC2CC2)cc1. The van der Waals surface area contributed by atoms with Gasteiger partial charge in [0.2, 0.25) is 5.91 Å². The molecule has 0 saturated heterocycles. The van der Waals surface area contributed by atoms with Crippen LogP contribution in [0.25, 0.3) is 17.1 Å². The molecule has 0 bridgehead atoms. The quantitative estimate of drug-likeness (QED) is 0.362. The first kappa shape index (κ1) is 21.2. The van der Waals surface area contributed by atoms with E-state index in [4.69, 9.17) is 4.74 Å². The number of nitrogens with one attached hydrogen (secondary N) is 1. The first-order valence-electron chi connectivity index (χ1n) is 10.8. The Morgan fingerprint density at radius 3 is 2.48 bits per heavy atom. The van der Waals surface area contributed by atoms with Crippen LogP contribution in [0.2, 0.25) is 0 Å². The van der Waals surface area contributed by atoms with Crippen molar-refractivity contribution < 1.29 is 9.53 Å². The van der Waals surface area contributed by atoms with E-state index in [9.17, 15) is 4.79 Å². The second kappa shape index (κ2) is 9.87. The highest BCUT2D eigenvalue weighted by molar-refractivity contribution is 7.99. The Bertz CT molecular complexity index is 1210. The van der Waals surface area contributed by atoms with Crippen molar-refractivity contribution in [3.8, 4) is 22.8 Å². The van der Waals surface area contributed by atoms with Crippen molar-refractivity contribution in [1.29, 1.82) is 0 Å². The minimum absolute atomic E-state index is 0.111. The third-order valence-corrected chi connectivity index (χ3v) is 6.17. The van der Waals surface area contributed by atoms with Gasteiger partial charge in [-0.1, -0.05) is 30.0 Å². The molecule has 2 aromatic heterocycles. The molecule has 0 unspecified atom stereocenters. The van der Waals surface area contributed by atoms with Crippen LogP contribution in [0.15, 0.2) is 84.3 Å². The number of pyridine rings is 1. The van der Waals surface area contributed by atoms with E-state index in [0.29, 0.717) is 16.9 Å².